The van der Waals surface area contributed by atoms with Crippen LogP contribution in [0.3, 0.4) is 0 Å². The first-order chi connectivity index (χ1) is 22.3. The number of H-pyrrole nitrogens is 2. The molecule has 0 saturated carbocycles. The van der Waals surface area contributed by atoms with Crippen LogP contribution in [0.2, 0.25) is 0 Å². The van der Waals surface area contributed by atoms with Crippen LogP contribution in [0.25, 0.3) is 33.0 Å². The number of aromatic nitrogens is 2. The quantitative estimate of drug-likeness (QED) is 0.0731. The van der Waals surface area contributed by atoms with Crippen LogP contribution in [-0.2, 0) is 32.0 Å². The van der Waals surface area contributed by atoms with Crippen molar-refractivity contribution in [3.63, 3.8) is 0 Å². The normalized spacial score (nSPS) is 15.3. The van der Waals surface area contributed by atoms with Gasteiger partial charge in [0.25, 0.3) is 23.6 Å². The Balaban J connectivity index is 0.917. The van der Waals surface area contributed by atoms with Gasteiger partial charge < -0.3 is 9.97 Å². The number of carbonyl (C=O) groups is 4. The first-order valence-electron chi connectivity index (χ1n) is 16.1. The van der Waals surface area contributed by atoms with Gasteiger partial charge in [0, 0.05) is 44.3 Å². The summed E-state index contributed by atoms with van der Waals surface area (Å²) in [5, 5.41) is 6.71. The Morgan fingerprint density at radius 1 is 0.457 bits per heavy atom. The third-order valence-corrected chi connectivity index (χ3v) is 10.4. The molecule has 4 aromatic rings. The minimum absolute atomic E-state index is 0.299. The molecule has 2 aromatic carbocycles. The number of aryl methyl sites for hydroxylation is 2. The second-order valence-corrected chi connectivity index (χ2v) is 13.6. The zero-order valence-corrected chi connectivity index (χ0v) is 28.7. The lowest BCUT2D eigenvalue weighted by Crippen LogP contribution is -2.22. The Morgan fingerprint density at radius 2 is 0.804 bits per heavy atom. The lowest BCUT2D eigenvalue weighted by molar-refractivity contribution is -0.124. The van der Waals surface area contributed by atoms with Crippen LogP contribution in [0.1, 0.15) is 86.7 Å². The van der Waals surface area contributed by atoms with Gasteiger partial charge in [-0.15, -0.1) is 0 Å². The molecular formula is C36H36Br2N4O4. The third-order valence-electron chi connectivity index (χ3n) is 8.92. The molecule has 0 aliphatic carbocycles. The molecular weight excluding hydrogens is 712 g/mol. The van der Waals surface area contributed by atoms with E-state index in [9.17, 15) is 19.2 Å². The first-order valence-corrected chi connectivity index (χ1v) is 17.6. The first kappa shape index (κ1) is 32.2. The van der Waals surface area contributed by atoms with Gasteiger partial charge in [-0.1, -0.05) is 87.8 Å². The predicted molar refractivity (Wildman–Crippen MR) is 188 cm³/mol. The van der Waals surface area contributed by atoms with Crippen molar-refractivity contribution in [2.75, 3.05) is 0 Å². The summed E-state index contributed by atoms with van der Waals surface area (Å²) >= 11 is 6.66. The monoisotopic (exact) mass is 746 g/mol. The standard InChI is InChI=1S/C36H36Br2N4O4/c37-31-29(33(43)41-35(31)45)27-21-15-11-13-17-23(21)39-25(27)19-9-7-5-3-1-2-4-6-8-10-20-26-28(22-16-12-14-18-24(22)40-26)30-32(38)36(46)42-34(30)44/h11-18,39-40H,1-10,19-20H2,(H,41,43,45)(H,42,44,46). The molecule has 8 nitrogen and oxygen atoms in total. The highest BCUT2D eigenvalue weighted by Gasteiger charge is 2.34. The summed E-state index contributed by atoms with van der Waals surface area (Å²) in [6.07, 6.45) is 13.1. The van der Waals surface area contributed by atoms with Crippen molar-refractivity contribution >= 4 is 88.4 Å². The maximum absolute atomic E-state index is 12.6. The second kappa shape index (κ2) is 14.3. The Hall–Kier alpha value is -3.76. The average Bonchev–Trinajstić information content (AvgIpc) is 3.73. The average molecular weight is 749 g/mol. The Kier molecular flexibility index (Phi) is 10.0. The number of imide groups is 2. The molecule has 0 fully saturated rings. The van der Waals surface area contributed by atoms with E-state index in [4.69, 9.17) is 0 Å². The summed E-state index contributed by atoms with van der Waals surface area (Å²) in [6, 6.07) is 15.8. The maximum Gasteiger partial charge on any atom is 0.265 e. The van der Waals surface area contributed by atoms with Crippen molar-refractivity contribution in [1.29, 1.82) is 0 Å². The smallest absolute Gasteiger partial charge is 0.265 e. The molecule has 0 bridgehead atoms. The molecule has 4 N–H and O–H groups in total. The fourth-order valence-electron chi connectivity index (χ4n) is 6.67. The van der Waals surface area contributed by atoms with Gasteiger partial charge in [0.15, 0.2) is 0 Å². The fourth-order valence-corrected chi connectivity index (χ4v) is 7.63. The van der Waals surface area contributed by atoms with E-state index >= 15 is 0 Å². The summed E-state index contributed by atoms with van der Waals surface area (Å²) in [4.78, 5) is 56.3. The van der Waals surface area contributed by atoms with Gasteiger partial charge in [0.05, 0.1) is 20.1 Å². The molecule has 238 valence electrons. The molecule has 0 radical (unpaired) electrons. The lowest BCUT2D eigenvalue weighted by atomic mass is 9.98. The number of amides is 4. The largest absolute Gasteiger partial charge is 0.358 e. The molecule has 2 aromatic heterocycles. The summed E-state index contributed by atoms with van der Waals surface area (Å²) < 4.78 is 0.598. The molecule has 46 heavy (non-hydrogen) atoms. The lowest BCUT2D eigenvalue weighted by Gasteiger charge is -2.07. The zero-order valence-electron chi connectivity index (χ0n) is 25.5. The number of halogens is 2. The van der Waals surface area contributed by atoms with E-state index in [1.807, 2.05) is 48.5 Å². The van der Waals surface area contributed by atoms with E-state index < -0.39 is 0 Å². The topological polar surface area (TPSA) is 124 Å². The van der Waals surface area contributed by atoms with Gasteiger partial charge >= 0.3 is 0 Å². The van der Waals surface area contributed by atoms with Crippen molar-refractivity contribution in [2.24, 2.45) is 0 Å². The van der Waals surface area contributed by atoms with Gasteiger partial charge in [0.1, 0.15) is 0 Å². The van der Waals surface area contributed by atoms with E-state index in [1.165, 1.54) is 38.5 Å². The van der Waals surface area contributed by atoms with E-state index in [2.05, 4.69) is 52.5 Å². The highest BCUT2D eigenvalue weighted by atomic mass is 79.9. The van der Waals surface area contributed by atoms with Gasteiger partial charge in [0.2, 0.25) is 0 Å². The van der Waals surface area contributed by atoms with Crippen LogP contribution in [0.5, 0.6) is 0 Å². The molecule has 6 rings (SSSR count). The van der Waals surface area contributed by atoms with Crippen LogP contribution in [0, 0.1) is 0 Å². The summed E-state index contributed by atoms with van der Waals surface area (Å²) in [6.45, 7) is 0. The van der Waals surface area contributed by atoms with Crippen LogP contribution >= 0.6 is 31.9 Å². The summed E-state index contributed by atoms with van der Waals surface area (Å²) in [5.74, 6) is -1.49. The summed E-state index contributed by atoms with van der Waals surface area (Å²) in [7, 11) is 0. The van der Waals surface area contributed by atoms with Gasteiger partial charge in [-0.3, -0.25) is 29.8 Å². The molecule has 10 heteroatoms. The number of fused-ring (bicyclic) bond motifs is 2. The second-order valence-electron chi connectivity index (χ2n) is 12.0. The highest BCUT2D eigenvalue weighted by Crippen LogP contribution is 2.37. The van der Waals surface area contributed by atoms with Gasteiger partial charge in [-0.25, -0.2) is 0 Å². The van der Waals surface area contributed by atoms with Crippen molar-refractivity contribution in [2.45, 2.75) is 77.0 Å². The molecule has 0 spiro atoms. The third kappa shape index (κ3) is 6.55. The SMILES string of the molecule is O=C1NC(=O)C(c2c(CCCCCCCCCCCCc3[nH]c4ccccc4c3C3=C(Br)C(=O)NC3=O)[nH]c3ccccc23)=C1Br. The highest BCUT2D eigenvalue weighted by molar-refractivity contribution is 9.12. The maximum atomic E-state index is 12.6. The Labute approximate surface area is 284 Å². The summed E-state index contributed by atoms with van der Waals surface area (Å²) in [5.41, 5.74) is 6.44. The van der Waals surface area contributed by atoms with Gasteiger partial charge in [-0.2, -0.15) is 0 Å². The van der Waals surface area contributed by atoms with Crippen molar-refractivity contribution in [3.8, 4) is 0 Å². The molecule has 2 aliphatic rings. The van der Waals surface area contributed by atoms with E-state index in [0.717, 1.165) is 82.8 Å². The molecule has 4 amide bonds. The number of nitrogens with one attached hydrogen (secondary N) is 4. The van der Waals surface area contributed by atoms with E-state index in [1.54, 1.807) is 0 Å². The molecule has 0 unspecified atom stereocenters. The van der Waals surface area contributed by atoms with E-state index in [-0.39, 0.29) is 23.6 Å². The predicted octanol–water partition coefficient (Wildman–Crippen LogP) is 7.86. The number of hydrogen-bond donors (Lipinski definition) is 4. The number of carbonyl (C=O) groups excluding carboxylic acids is 4. The van der Waals surface area contributed by atoms with Crippen LogP contribution in [0.15, 0.2) is 57.5 Å². The molecule has 0 atom stereocenters. The number of benzene rings is 2. The number of rotatable bonds is 15. The van der Waals surface area contributed by atoms with Crippen LogP contribution in [0.4, 0.5) is 0 Å². The number of unbranched alkanes of at least 4 members (excludes halogenated alkanes) is 9. The van der Waals surface area contributed by atoms with Crippen molar-refractivity contribution < 1.29 is 19.2 Å². The Morgan fingerprint density at radius 3 is 1.15 bits per heavy atom. The fraction of sp³-hybridized carbons (Fsp3) is 0.333. The van der Waals surface area contributed by atoms with Crippen molar-refractivity contribution in [1.82, 2.24) is 20.6 Å². The number of aromatic amines is 2. The minimum Gasteiger partial charge on any atom is -0.358 e. The Bertz CT molecular complexity index is 1780. The zero-order chi connectivity index (χ0) is 32.2. The van der Waals surface area contributed by atoms with Crippen LogP contribution in [-0.4, -0.2) is 33.6 Å². The van der Waals surface area contributed by atoms with Crippen molar-refractivity contribution in [3.05, 3.63) is 80.0 Å². The number of hydrogen-bond acceptors (Lipinski definition) is 4. The number of para-hydroxylation sites is 2. The van der Waals surface area contributed by atoms with E-state index in [0.29, 0.717) is 20.1 Å². The van der Waals surface area contributed by atoms with Crippen LogP contribution < -0.4 is 10.6 Å². The molecule has 4 heterocycles. The molecule has 0 saturated heterocycles. The van der Waals surface area contributed by atoms with Gasteiger partial charge in [-0.05, 0) is 69.7 Å². The molecule has 2 aliphatic heterocycles. The minimum atomic E-state index is -0.389.